The molecule has 0 amide bonds. The van der Waals surface area contributed by atoms with Crippen molar-refractivity contribution < 1.29 is 0 Å². The minimum absolute atomic E-state index is 1.16. The molecule has 3 heteroatoms. The van der Waals surface area contributed by atoms with Gasteiger partial charge in [0.1, 0.15) is 0 Å². The molecule has 1 fully saturated rings. The molecule has 1 aliphatic heterocycles. The largest absolute Gasteiger partial charge is 0.235 e. The lowest BCUT2D eigenvalue weighted by atomic mass is 10.2. The smallest absolute Gasteiger partial charge is 0.0139 e. The third-order valence-corrected chi connectivity index (χ3v) is 1.78. The average molecular weight is 132 g/mol. The Hall–Kier alpha value is 0.270. The Kier molecular flexibility index (Phi) is 2.66. The third-order valence-electron chi connectivity index (χ3n) is 1.50. The van der Waals surface area contributed by atoms with E-state index in [9.17, 15) is 0 Å². The standard InChI is InChI=1S/C5H12N2S/c8-6-7-4-2-1-3-5-7/h6,8H,1-5H2. The zero-order valence-corrected chi connectivity index (χ0v) is 5.82. The first-order valence-corrected chi connectivity index (χ1v) is 3.53. The van der Waals surface area contributed by atoms with Crippen molar-refractivity contribution in [2.45, 2.75) is 19.3 Å². The van der Waals surface area contributed by atoms with Crippen molar-refractivity contribution in [2.75, 3.05) is 13.1 Å². The van der Waals surface area contributed by atoms with E-state index in [-0.39, 0.29) is 0 Å². The third kappa shape index (κ3) is 1.65. The summed E-state index contributed by atoms with van der Waals surface area (Å²) in [6, 6.07) is 0. The summed E-state index contributed by atoms with van der Waals surface area (Å²) >= 11 is 3.94. The lowest BCUT2D eigenvalue weighted by Gasteiger charge is -2.23. The van der Waals surface area contributed by atoms with E-state index in [0.717, 1.165) is 13.1 Å². The van der Waals surface area contributed by atoms with Gasteiger partial charge in [0.05, 0.1) is 0 Å². The van der Waals surface area contributed by atoms with Crippen molar-refractivity contribution in [3.8, 4) is 0 Å². The fraction of sp³-hybridized carbons (Fsp3) is 1.00. The van der Waals surface area contributed by atoms with Gasteiger partial charge in [0.2, 0.25) is 0 Å². The van der Waals surface area contributed by atoms with Crippen molar-refractivity contribution in [1.29, 1.82) is 0 Å². The first-order valence-electron chi connectivity index (χ1n) is 3.08. The molecule has 1 heterocycles. The van der Waals surface area contributed by atoms with Crippen LogP contribution in [0.4, 0.5) is 0 Å². The second kappa shape index (κ2) is 3.33. The molecule has 0 spiro atoms. The van der Waals surface area contributed by atoms with Crippen LogP contribution in [0.3, 0.4) is 0 Å². The van der Waals surface area contributed by atoms with Gasteiger partial charge in [-0.3, -0.25) is 0 Å². The molecule has 1 saturated heterocycles. The lowest BCUT2D eigenvalue weighted by molar-refractivity contribution is 0.209. The van der Waals surface area contributed by atoms with E-state index in [1.807, 2.05) is 0 Å². The van der Waals surface area contributed by atoms with E-state index in [2.05, 4.69) is 22.7 Å². The lowest BCUT2D eigenvalue weighted by Crippen LogP contribution is -2.36. The Bertz CT molecular complexity index is 61.4. The summed E-state index contributed by atoms with van der Waals surface area (Å²) in [7, 11) is 0. The van der Waals surface area contributed by atoms with Crippen LogP contribution in [0.1, 0.15) is 19.3 Å². The Labute approximate surface area is 55.8 Å². The van der Waals surface area contributed by atoms with Crippen LogP contribution in [0.15, 0.2) is 0 Å². The van der Waals surface area contributed by atoms with E-state index < -0.39 is 0 Å². The zero-order valence-electron chi connectivity index (χ0n) is 4.93. The van der Waals surface area contributed by atoms with Crippen LogP contribution >= 0.6 is 12.8 Å². The molecule has 0 aromatic heterocycles. The molecule has 0 saturated carbocycles. The molecule has 0 bridgehead atoms. The predicted octanol–water partition coefficient (Wildman–Crippen LogP) is 0.822. The quantitative estimate of drug-likeness (QED) is 0.514. The molecule has 0 aromatic carbocycles. The number of thiol groups is 1. The Morgan fingerprint density at radius 2 is 1.75 bits per heavy atom. The van der Waals surface area contributed by atoms with Crippen LogP contribution in [0.5, 0.6) is 0 Å². The second-order valence-electron chi connectivity index (χ2n) is 2.15. The van der Waals surface area contributed by atoms with Gasteiger partial charge < -0.3 is 0 Å². The summed E-state index contributed by atoms with van der Waals surface area (Å²) in [5.41, 5.74) is 0. The fourth-order valence-corrected chi connectivity index (χ4v) is 1.19. The summed E-state index contributed by atoms with van der Waals surface area (Å²) in [6.07, 6.45) is 4.01. The molecule has 0 aliphatic carbocycles. The summed E-state index contributed by atoms with van der Waals surface area (Å²) in [4.78, 5) is 2.83. The van der Waals surface area contributed by atoms with Crippen LogP contribution in [0.25, 0.3) is 0 Å². The normalized spacial score (nSPS) is 23.6. The summed E-state index contributed by atoms with van der Waals surface area (Å²) in [5, 5.41) is 2.13. The first-order chi connectivity index (χ1) is 3.93. The van der Waals surface area contributed by atoms with Crippen LogP contribution in [-0.4, -0.2) is 18.1 Å². The Morgan fingerprint density at radius 1 is 1.12 bits per heavy atom. The molecule has 0 aromatic rings. The van der Waals surface area contributed by atoms with Gasteiger partial charge in [0.15, 0.2) is 0 Å². The molecule has 0 radical (unpaired) electrons. The maximum Gasteiger partial charge on any atom is 0.0139 e. The monoisotopic (exact) mass is 132 g/mol. The van der Waals surface area contributed by atoms with E-state index in [4.69, 9.17) is 0 Å². The molecular formula is C5H12N2S. The molecule has 48 valence electrons. The molecule has 0 atom stereocenters. The number of nitrogens with zero attached hydrogens (tertiary/aromatic N) is 1. The molecule has 1 N–H and O–H groups in total. The van der Waals surface area contributed by atoms with E-state index in [1.54, 1.807) is 0 Å². The van der Waals surface area contributed by atoms with Gasteiger partial charge in [-0.15, -0.1) is 0 Å². The topological polar surface area (TPSA) is 15.3 Å². The van der Waals surface area contributed by atoms with E-state index >= 15 is 0 Å². The first kappa shape index (κ1) is 6.39. The van der Waals surface area contributed by atoms with Gasteiger partial charge in [-0.25, -0.2) is 9.84 Å². The summed E-state index contributed by atoms with van der Waals surface area (Å²) in [5.74, 6) is 0. The predicted molar refractivity (Wildman–Crippen MR) is 37.5 cm³/mol. The number of nitrogens with one attached hydrogen (secondary N) is 1. The van der Waals surface area contributed by atoms with Crippen molar-refractivity contribution in [1.82, 2.24) is 9.84 Å². The van der Waals surface area contributed by atoms with Gasteiger partial charge >= 0.3 is 0 Å². The van der Waals surface area contributed by atoms with Crippen molar-refractivity contribution in [3.63, 3.8) is 0 Å². The summed E-state index contributed by atoms with van der Waals surface area (Å²) < 4.78 is 0. The number of hydrazine groups is 1. The highest BCUT2D eigenvalue weighted by atomic mass is 32.1. The molecule has 0 unspecified atom stereocenters. The highest BCUT2D eigenvalue weighted by molar-refractivity contribution is 7.78. The Morgan fingerprint density at radius 3 is 2.12 bits per heavy atom. The number of piperidine rings is 1. The number of hydrogen-bond acceptors (Lipinski definition) is 3. The number of rotatable bonds is 1. The molecule has 2 nitrogen and oxygen atoms in total. The highest BCUT2D eigenvalue weighted by Crippen LogP contribution is 2.05. The molecular weight excluding hydrogens is 120 g/mol. The van der Waals surface area contributed by atoms with Gasteiger partial charge in [-0.1, -0.05) is 19.2 Å². The van der Waals surface area contributed by atoms with Crippen LogP contribution in [0, 0.1) is 0 Å². The molecule has 1 aliphatic rings. The van der Waals surface area contributed by atoms with Crippen LogP contribution in [0.2, 0.25) is 0 Å². The molecule has 8 heavy (non-hydrogen) atoms. The van der Waals surface area contributed by atoms with Crippen molar-refractivity contribution in [3.05, 3.63) is 0 Å². The highest BCUT2D eigenvalue weighted by Gasteiger charge is 2.06. The maximum atomic E-state index is 3.94. The van der Waals surface area contributed by atoms with Gasteiger partial charge in [0, 0.05) is 13.1 Å². The summed E-state index contributed by atoms with van der Waals surface area (Å²) in [6.45, 7) is 2.31. The zero-order chi connectivity index (χ0) is 5.82. The van der Waals surface area contributed by atoms with Crippen molar-refractivity contribution in [2.24, 2.45) is 0 Å². The SMILES string of the molecule is SNN1CCCCC1. The van der Waals surface area contributed by atoms with Crippen LogP contribution in [-0.2, 0) is 0 Å². The van der Waals surface area contributed by atoms with Gasteiger partial charge in [0.25, 0.3) is 0 Å². The fourth-order valence-electron chi connectivity index (χ4n) is 0.994. The Balaban J connectivity index is 2.13. The number of hydrogen-bond donors (Lipinski definition) is 2. The minimum atomic E-state index is 1.16. The maximum absolute atomic E-state index is 3.94. The van der Waals surface area contributed by atoms with E-state index in [0.29, 0.717) is 0 Å². The van der Waals surface area contributed by atoms with Gasteiger partial charge in [-0.2, -0.15) is 0 Å². The van der Waals surface area contributed by atoms with E-state index in [1.165, 1.54) is 19.3 Å². The average Bonchev–Trinajstić information content (AvgIpc) is 1.90. The van der Waals surface area contributed by atoms with Crippen LogP contribution < -0.4 is 4.83 Å². The van der Waals surface area contributed by atoms with Gasteiger partial charge in [-0.05, 0) is 12.8 Å². The molecule has 1 rings (SSSR count). The second-order valence-corrected chi connectivity index (χ2v) is 2.35. The minimum Gasteiger partial charge on any atom is -0.235 e. The van der Waals surface area contributed by atoms with Crippen molar-refractivity contribution >= 4 is 12.8 Å².